The highest BCUT2D eigenvalue weighted by molar-refractivity contribution is 5.99. The second kappa shape index (κ2) is 12.7. The maximum Gasteiger partial charge on any atom is 0.160 e. The maximum absolute atomic E-state index is 5.02. The SMILES string of the molecule is c1ccc(-c2cc(-c3ccccc3)nc(-c3ccc(-c4cccc5ccc(-c6ccc(-c7cnc8ccccc8c7)cc6)cc45)cc3)n2)cc1. The van der Waals surface area contributed by atoms with Crippen LogP contribution in [0.3, 0.4) is 0 Å². The van der Waals surface area contributed by atoms with Crippen LogP contribution in [0.4, 0.5) is 0 Å². The monoisotopic (exact) mass is 637 g/mol. The van der Waals surface area contributed by atoms with Crippen LogP contribution in [0.5, 0.6) is 0 Å². The summed E-state index contributed by atoms with van der Waals surface area (Å²) in [6, 6.07) is 63.8. The average Bonchev–Trinajstić information content (AvgIpc) is 3.21. The first-order valence-corrected chi connectivity index (χ1v) is 16.8. The molecular formula is C47H31N3. The van der Waals surface area contributed by atoms with Gasteiger partial charge in [0.15, 0.2) is 5.82 Å². The first kappa shape index (κ1) is 29.4. The van der Waals surface area contributed by atoms with Gasteiger partial charge in [-0.15, -0.1) is 0 Å². The fourth-order valence-corrected chi connectivity index (χ4v) is 6.68. The zero-order chi connectivity index (χ0) is 33.3. The summed E-state index contributed by atoms with van der Waals surface area (Å²) in [7, 11) is 0. The van der Waals surface area contributed by atoms with Crippen LogP contribution in [0, 0.1) is 0 Å². The second-order valence-corrected chi connectivity index (χ2v) is 12.5. The minimum absolute atomic E-state index is 0.708. The number of hydrogen-bond donors (Lipinski definition) is 0. The van der Waals surface area contributed by atoms with Crippen LogP contribution in [-0.2, 0) is 0 Å². The molecule has 0 fully saturated rings. The number of pyridine rings is 1. The van der Waals surface area contributed by atoms with Gasteiger partial charge in [0.05, 0.1) is 16.9 Å². The quantitative estimate of drug-likeness (QED) is 0.182. The molecule has 0 radical (unpaired) electrons. The predicted molar refractivity (Wildman–Crippen MR) is 207 cm³/mol. The standard InChI is InChI=1S/C47H31N3/c1-3-10-36(11-4-1)45-30-46(37-12-5-2-6-13-37)50-47(49-45)38-25-22-35(23-26-38)42-16-9-15-34-24-27-39(29-43(34)42)32-18-20-33(21-19-32)41-28-40-14-7-8-17-44(40)48-31-41/h1-31H. The van der Waals surface area contributed by atoms with Crippen molar-refractivity contribution in [3.8, 4) is 67.3 Å². The largest absolute Gasteiger partial charge is 0.256 e. The first-order valence-electron chi connectivity index (χ1n) is 16.8. The predicted octanol–water partition coefficient (Wildman–Crippen LogP) is 12.2. The minimum Gasteiger partial charge on any atom is -0.256 e. The molecule has 7 aromatic carbocycles. The van der Waals surface area contributed by atoms with Gasteiger partial charge in [-0.25, -0.2) is 9.97 Å². The molecule has 9 aromatic rings. The van der Waals surface area contributed by atoms with E-state index >= 15 is 0 Å². The Balaban J connectivity index is 1.05. The summed E-state index contributed by atoms with van der Waals surface area (Å²) in [5.74, 6) is 0.708. The van der Waals surface area contributed by atoms with E-state index < -0.39 is 0 Å². The minimum atomic E-state index is 0.708. The van der Waals surface area contributed by atoms with Gasteiger partial charge in [0.1, 0.15) is 0 Å². The van der Waals surface area contributed by atoms with E-state index in [1.165, 1.54) is 27.5 Å². The highest BCUT2D eigenvalue weighted by Crippen LogP contribution is 2.35. The van der Waals surface area contributed by atoms with E-state index in [4.69, 9.17) is 9.97 Å². The number of hydrogen-bond acceptors (Lipinski definition) is 3. The highest BCUT2D eigenvalue weighted by Gasteiger charge is 2.12. The zero-order valence-electron chi connectivity index (χ0n) is 27.2. The Kier molecular flexibility index (Phi) is 7.49. The third-order valence-corrected chi connectivity index (χ3v) is 9.34. The molecule has 0 atom stereocenters. The fraction of sp³-hybridized carbons (Fsp3) is 0. The fourth-order valence-electron chi connectivity index (χ4n) is 6.68. The lowest BCUT2D eigenvalue weighted by molar-refractivity contribution is 1.18. The van der Waals surface area contributed by atoms with Crippen LogP contribution < -0.4 is 0 Å². The van der Waals surface area contributed by atoms with Crippen LogP contribution in [0.1, 0.15) is 0 Å². The number of fused-ring (bicyclic) bond motifs is 2. The number of benzene rings is 7. The van der Waals surface area contributed by atoms with Crippen molar-refractivity contribution in [3.63, 3.8) is 0 Å². The molecule has 0 amide bonds. The van der Waals surface area contributed by atoms with Crippen LogP contribution >= 0.6 is 0 Å². The van der Waals surface area contributed by atoms with Gasteiger partial charge < -0.3 is 0 Å². The molecule has 0 aliphatic rings. The summed E-state index contributed by atoms with van der Waals surface area (Å²) in [4.78, 5) is 14.7. The number of para-hydroxylation sites is 1. The normalized spacial score (nSPS) is 11.2. The van der Waals surface area contributed by atoms with Gasteiger partial charge in [0, 0.05) is 33.8 Å². The molecule has 3 heteroatoms. The smallest absolute Gasteiger partial charge is 0.160 e. The molecule has 2 aromatic heterocycles. The Hall–Kier alpha value is -6.71. The molecule has 2 heterocycles. The third-order valence-electron chi connectivity index (χ3n) is 9.34. The molecule has 0 spiro atoms. The summed E-state index contributed by atoms with van der Waals surface area (Å²) >= 11 is 0. The van der Waals surface area contributed by atoms with Gasteiger partial charge in [0.25, 0.3) is 0 Å². The van der Waals surface area contributed by atoms with Gasteiger partial charge in [-0.1, -0.05) is 158 Å². The number of nitrogens with zero attached hydrogens (tertiary/aromatic N) is 3. The summed E-state index contributed by atoms with van der Waals surface area (Å²) in [6.45, 7) is 0. The Morgan fingerprint density at radius 2 is 0.880 bits per heavy atom. The molecule has 3 nitrogen and oxygen atoms in total. The summed E-state index contributed by atoms with van der Waals surface area (Å²) in [6.07, 6.45) is 1.96. The van der Waals surface area contributed by atoms with Gasteiger partial charge in [-0.3, -0.25) is 4.98 Å². The summed E-state index contributed by atoms with van der Waals surface area (Å²) in [5.41, 5.74) is 12.9. The topological polar surface area (TPSA) is 38.7 Å². The highest BCUT2D eigenvalue weighted by atomic mass is 14.9. The molecule has 0 bridgehead atoms. The van der Waals surface area contributed by atoms with Crippen LogP contribution in [0.25, 0.3) is 89.0 Å². The molecule has 0 saturated heterocycles. The molecule has 0 saturated carbocycles. The number of aromatic nitrogens is 3. The van der Waals surface area contributed by atoms with Crippen molar-refractivity contribution in [2.75, 3.05) is 0 Å². The van der Waals surface area contributed by atoms with Gasteiger partial charge in [-0.2, -0.15) is 0 Å². The number of rotatable bonds is 6. The lowest BCUT2D eigenvalue weighted by Crippen LogP contribution is -1.96. The zero-order valence-corrected chi connectivity index (χ0v) is 27.2. The molecule has 0 N–H and O–H groups in total. The molecule has 0 aliphatic heterocycles. The van der Waals surface area contributed by atoms with Crippen molar-refractivity contribution in [3.05, 3.63) is 188 Å². The summed E-state index contributed by atoms with van der Waals surface area (Å²) < 4.78 is 0. The Morgan fingerprint density at radius 3 is 1.58 bits per heavy atom. The van der Waals surface area contributed by atoms with E-state index in [2.05, 4.69) is 138 Å². The van der Waals surface area contributed by atoms with E-state index in [1.54, 1.807) is 0 Å². The lowest BCUT2D eigenvalue weighted by Gasteiger charge is -2.12. The van der Waals surface area contributed by atoms with Crippen molar-refractivity contribution < 1.29 is 0 Å². The third kappa shape index (κ3) is 5.72. The van der Waals surface area contributed by atoms with Crippen molar-refractivity contribution in [2.45, 2.75) is 0 Å². The van der Waals surface area contributed by atoms with E-state index in [0.717, 1.165) is 55.7 Å². The van der Waals surface area contributed by atoms with E-state index in [9.17, 15) is 0 Å². The van der Waals surface area contributed by atoms with Gasteiger partial charge in [-0.05, 0) is 62.9 Å². The van der Waals surface area contributed by atoms with E-state index in [1.807, 2.05) is 54.7 Å². The Morgan fingerprint density at radius 1 is 0.320 bits per heavy atom. The second-order valence-electron chi connectivity index (χ2n) is 12.5. The lowest BCUT2D eigenvalue weighted by atomic mass is 9.93. The first-order chi connectivity index (χ1) is 24.7. The molecule has 234 valence electrons. The Labute approximate surface area is 291 Å². The van der Waals surface area contributed by atoms with E-state index in [-0.39, 0.29) is 0 Å². The van der Waals surface area contributed by atoms with Crippen molar-refractivity contribution >= 4 is 21.7 Å². The van der Waals surface area contributed by atoms with E-state index in [0.29, 0.717) is 5.82 Å². The van der Waals surface area contributed by atoms with Crippen LogP contribution in [0.15, 0.2) is 188 Å². The molecule has 0 aliphatic carbocycles. The van der Waals surface area contributed by atoms with Crippen molar-refractivity contribution in [2.24, 2.45) is 0 Å². The molecule has 50 heavy (non-hydrogen) atoms. The average molecular weight is 638 g/mol. The summed E-state index contributed by atoms with van der Waals surface area (Å²) in [5, 5.41) is 3.57. The molecule has 9 rings (SSSR count). The van der Waals surface area contributed by atoms with Crippen molar-refractivity contribution in [1.29, 1.82) is 0 Å². The Bertz CT molecular complexity index is 2550. The maximum atomic E-state index is 5.02. The van der Waals surface area contributed by atoms with Crippen LogP contribution in [-0.4, -0.2) is 15.0 Å². The molecule has 0 unspecified atom stereocenters. The van der Waals surface area contributed by atoms with Gasteiger partial charge in [0.2, 0.25) is 0 Å². The van der Waals surface area contributed by atoms with Crippen LogP contribution in [0.2, 0.25) is 0 Å². The van der Waals surface area contributed by atoms with Gasteiger partial charge >= 0.3 is 0 Å². The van der Waals surface area contributed by atoms with Crippen molar-refractivity contribution in [1.82, 2.24) is 15.0 Å². The molecular weight excluding hydrogens is 607 g/mol.